The fourth-order valence-corrected chi connectivity index (χ4v) is 1.07. The van der Waals surface area contributed by atoms with Crippen molar-refractivity contribution < 1.29 is 22.4 Å². The van der Waals surface area contributed by atoms with Crippen molar-refractivity contribution in [1.82, 2.24) is 0 Å². The maximum Gasteiger partial charge on any atom is 0.300 e. The number of hydrogen-bond acceptors (Lipinski definition) is 1. The van der Waals surface area contributed by atoms with E-state index in [-0.39, 0.29) is 0 Å². The van der Waals surface area contributed by atoms with E-state index < -0.39 is 34.4 Å². The highest BCUT2D eigenvalue weighted by atomic mass is 35.5. The lowest BCUT2D eigenvalue weighted by atomic mass is 10.1. The minimum absolute atomic E-state index is 0.353. The van der Waals surface area contributed by atoms with E-state index in [1.54, 1.807) is 0 Å². The van der Waals surface area contributed by atoms with Crippen LogP contribution in [0.4, 0.5) is 17.6 Å². The van der Waals surface area contributed by atoms with Crippen molar-refractivity contribution in [2.24, 2.45) is 0 Å². The molecule has 0 N–H and O–H groups in total. The van der Waals surface area contributed by atoms with Crippen molar-refractivity contribution in [3.63, 3.8) is 0 Å². The van der Waals surface area contributed by atoms with E-state index in [0.29, 0.717) is 12.1 Å². The Balaban J connectivity index is 3.22. The molecule has 0 bridgehead atoms. The van der Waals surface area contributed by atoms with E-state index in [2.05, 4.69) is 0 Å². The van der Waals surface area contributed by atoms with Crippen LogP contribution in [-0.2, 0) is 0 Å². The first-order valence-corrected chi connectivity index (χ1v) is 3.78. The third-order valence-corrected chi connectivity index (χ3v) is 1.79. The van der Waals surface area contributed by atoms with Gasteiger partial charge in [0.05, 0.1) is 5.02 Å². The number of benzene rings is 1. The summed E-state index contributed by atoms with van der Waals surface area (Å²) in [5, 5.41) is -0.533. The van der Waals surface area contributed by atoms with Gasteiger partial charge in [-0.1, -0.05) is 11.6 Å². The van der Waals surface area contributed by atoms with E-state index in [9.17, 15) is 22.4 Å². The van der Waals surface area contributed by atoms with Crippen molar-refractivity contribution in [3.8, 4) is 0 Å². The number of halogens is 5. The van der Waals surface area contributed by atoms with Gasteiger partial charge in [-0.25, -0.2) is 17.6 Å². The first-order chi connectivity index (χ1) is 6.43. The third-order valence-electron chi connectivity index (χ3n) is 1.47. The summed E-state index contributed by atoms with van der Waals surface area (Å²) in [4.78, 5) is 10.7. The van der Waals surface area contributed by atoms with Gasteiger partial charge in [0.2, 0.25) is 5.78 Å². The van der Waals surface area contributed by atoms with Gasteiger partial charge < -0.3 is 0 Å². The van der Waals surface area contributed by atoms with Gasteiger partial charge in [-0.3, -0.25) is 4.79 Å². The molecule has 0 heterocycles. The topological polar surface area (TPSA) is 17.1 Å². The van der Waals surface area contributed by atoms with Gasteiger partial charge in [0.25, 0.3) is 0 Å². The molecular formula is C8H3ClF4O. The highest BCUT2D eigenvalue weighted by molar-refractivity contribution is 6.34. The van der Waals surface area contributed by atoms with Crippen LogP contribution < -0.4 is 0 Å². The van der Waals surface area contributed by atoms with Gasteiger partial charge in [0, 0.05) is 5.56 Å². The van der Waals surface area contributed by atoms with Crippen molar-refractivity contribution in [1.29, 1.82) is 0 Å². The number of carbonyl (C=O) groups excluding carboxylic acids is 1. The van der Waals surface area contributed by atoms with E-state index in [1.807, 2.05) is 0 Å². The maximum atomic E-state index is 12.6. The normalized spacial score (nSPS) is 10.7. The zero-order chi connectivity index (χ0) is 10.9. The molecule has 0 saturated carbocycles. The van der Waals surface area contributed by atoms with Gasteiger partial charge in [-0.05, 0) is 12.1 Å². The minimum Gasteiger partial charge on any atom is -0.288 e. The Morgan fingerprint density at radius 3 is 2.21 bits per heavy atom. The smallest absolute Gasteiger partial charge is 0.288 e. The Morgan fingerprint density at radius 2 is 1.71 bits per heavy atom. The molecule has 0 aromatic heterocycles. The monoisotopic (exact) mass is 226 g/mol. The Labute approximate surface area is 81.3 Å². The Bertz CT molecular complexity index is 378. The number of rotatable bonds is 2. The standard InChI is InChI=1S/C8H3ClF4O/c9-4-2-6(11)5(10)1-3(4)7(14)8(12)13/h1-2,8H. The molecule has 0 aliphatic rings. The number of alkyl halides is 2. The minimum atomic E-state index is -3.29. The summed E-state index contributed by atoms with van der Waals surface area (Å²) in [5.41, 5.74) is -0.722. The summed E-state index contributed by atoms with van der Waals surface area (Å²) in [5.74, 6) is -4.31. The second kappa shape index (κ2) is 3.96. The molecule has 0 fully saturated rings. The molecule has 0 spiro atoms. The van der Waals surface area contributed by atoms with Crippen molar-refractivity contribution in [2.75, 3.05) is 0 Å². The quantitative estimate of drug-likeness (QED) is 0.430. The average molecular weight is 227 g/mol. The molecule has 76 valence electrons. The lowest BCUT2D eigenvalue weighted by Gasteiger charge is -2.03. The van der Waals surface area contributed by atoms with E-state index >= 15 is 0 Å². The Morgan fingerprint density at radius 1 is 1.21 bits per heavy atom. The fraction of sp³-hybridized carbons (Fsp3) is 0.125. The summed E-state index contributed by atoms with van der Waals surface area (Å²) in [7, 11) is 0. The molecule has 0 saturated heterocycles. The molecular weight excluding hydrogens is 224 g/mol. The number of carbonyl (C=O) groups is 1. The molecule has 1 rings (SSSR count). The van der Waals surface area contributed by atoms with Gasteiger partial charge in [0.1, 0.15) is 0 Å². The van der Waals surface area contributed by atoms with Gasteiger partial charge in [0.15, 0.2) is 11.6 Å². The highest BCUT2D eigenvalue weighted by Gasteiger charge is 2.22. The summed E-state index contributed by atoms with van der Waals surface area (Å²) in [6.45, 7) is 0. The lowest BCUT2D eigenvalue weighted by Crippen LogP contribution is -2.11. The summed E-state index contributed by atoms with van der Waals surface area (Å²) < 4.78 is 48.8. The Hall–Kier alpha value is -1.10. The second-order valence-corrected chi connectivity index (χ2v) is 2.82. The van der Waals surface area contributed by atoms with Crippen LogP contribution in [0.1, 0.15) is 10.4 Å². The molecule has 0 unspecified atom stereocenters. The van der Waals surface area contributed by atoms with Crippen molar-refractivity contribution in [2.45, 2.75) is 6.43 Å². The van der Waals surface area contributed by atoms with E-state index in [4.69, 9.17) is 11.6 Å². The van der Waals surface area contributed by atoms with Gasteiger partial charge in [-0.15, -0.1) is 0 Å². The van der Waals surface area contributed by atoms with Crippen LogP contribution >= 0.6 is 11.6 Å². The van der Waals surface area contributed by atoms with Crippen LogP contribution in [0.15, 0.2) is 12.1 Å². The van der Waals surface area contributed by atoms with Crippen molar-refractivity contribution >= 4 is 17.4 Å². The summed E-state index contributed by atoms with van der Waals surface area (Å²) >= 11 is 5.28. The molecule has 0 radical (unpaired) electrons. The molecule has 6 heteroatoms. The lowest BCUT2D eigenvalue weighted by molar-refractivity contribution is 0.0678. The highest BCUT2D eigenvalue weighted by Crippen LogP contribution is 2.22. The van der Waals surface area contributed by atoms with Gasteiger partial charge >= 0.3 is 6.43 Å². The number of ketones is 1. The molecule has 14 heavy (non-hydrogen) atoms. The second-order valence-electron chi connectivity index (χ2n) is 2.41. The molecule has 0 atom stereocenters. The largest absolute Gasteiger partial charge is 0.300 e. The van der Waals surface area contributed by atoms with Crippen LogP contribution in [0.2, 0.25) is 5.02 Å². The maximum absolute atomic E-state index is 12.6. The first kappa shape index (κ1) is 11.0. The van der Waals surface area contributed by atoms with Crippen molar-refractivity contribution in [3.05, 3.63) is 34.4 Å². The third kappa shape index (κ3) is 2.04. The van der Waals surface area contributed by atoms with Crippen LogP contribution in [-0.4, -0.2) is 12.2 Å². The molecule has 1 aromatic carbocycles. The predicted molar refractivity (Wildman–Crippen MR) is 41.7 cm³/mol. The first-order valence-electron chi connectivity index (χ1n) is 3.40. The number of Topliss-reactive ketones (excluding diaryl/α,β-unsaturated/α-hetero) is 1. The van der Waals surface area contributed by atoms with E-state index in [1.165, 1.54) is 0 Å². The zero-order valence-electron chi connectivity index (χ0n) is 6.53. The summed E-state index contributed by atoms with van der Waals surface area (Å²) in [6.07, 6.45) is -3.29. The van der Waals surface area contributed by atoms with Crippen LogP contribution in [0.25, 0.3) is 0 Å². The summed E-state index contributed by atoms with van der Waals surface area (Å²) in [6, 6.07) is 0.832. The van der Waals surface area contributed by atoms with Gasteiger partial charge in [-0.2, -0.15) is 0 Å². The fourth-order valence-electron chi connectivity index (χ4n) is 0.829. The molecule has 0 aliphatic heterocycles. The predicted octanol–water partition coefficient (Wildman–Crippen LogP) is 3.07. The molecule has 0 aliphatic carbocycles. The van der Waals surface area contributed by atoms with E-state index in [0.717, 1.165) is 0 Å². The Kier molecular flexibility index (Phi) is 3.10. The molecule has 1 aromatic rings. The van der Waals surface area contributed by atoms with Crippen LogP contribution in [0.3, 0.4) is 0 Å². The van der Waals surface area contributed by atoms with Crippen LogP contribution in [0.5, 0.6) is 0 Å². The SMILES string of the molecule is O=C(c1cc(F)c(F)cc1Cl)C(F)F. The zero-order valence-corrected chi connectivity index (χ0v) is 7.29. The molecule has 1 nitrogen and oxygen atoms in total. The van der Waals surface area contributed by atoms with Crippen LogP contribution in [0, 0.1) is 11.6 Å². The molecule has 0 amide bonds. The number of hydrogen-bond donors (Lipinski definition) is 0. The average Bonchev–Trinajstić information content (AvgIpc) is 2.10.